The summed E-state index contributed by atoms with van der Waals surface area (Å²) in [5, 5.41) is 50.2. The van der Waals surface area contributed by atoms with Crippen LogP contribution in [0.25, 0.3) is 0 Å². The first-order chi connectivity index (χ1) is 30.4. The molecule has 14 heteroatoms. The van der Waals surface area contributed by atoms with E-state index in [2.05, 4.69) is 50.3 Å². The second-order valence-corrected chi connectivity index (χ2v) is 18.4. The number of phosphoric acid groups is 1. The minimum Gasteiger partial charge on any atom is -0.462 e. The van der Waals surface area contributed by atoms with Crippen LogP contribution >= 0.6 is 7.82 Å². The molecule has 0 aromatic heterocycles. The van der Waals surface area contributed by atoms with E-state index in [0.717, 1.165) is 44.9 Å². The largest absolute Gasteiger partial charge is 0.472 e. The molecule has 0 spiro atoms. The number of rotatable bonds is 40. The molecule has 1 saturated carbocycles. The van der Waals surface area contributed by atoms with Gasteiger partial charge in [-0.15, -0.1) is 0 Å². The Morgan fingerprint density at radius 1 is 0.492 bits per heavy atom. The molecular weight excluding hydrogens is 828 g/mol. The van der Waals surface area contributed by atoms with Gasteiger partial charge in [0.2, 0.25) is 0 Å². The SMILES string of the molecule is CCCCC/C=C/C/C=C/C/C=C/C/C=C/CCCC(=O)O[C@@H](COC(=O)CCCCCCCCCCCCCCCCCCC)COP(=O)(O)OC1C(O)C(O)C(O)[C@H](O)C1O. The lowest BCUT2D eigenvalue weighted by molar-refractivity contribution is -0.220. The summed E-state index contributed by atoms with van der Waals surface area (Å²) in [6.45, 7) is 3.24. The van der Waals surface area contributed by atoms with Crippen LogP contribution < -0.4 is 0 Å². The lowest BCUT2D eigenvalue weighted by Gasteiger charge is -2.41. The van der Waals surface area contributed by atoms with Gasteiger partial charge in [-0.2, -0.15) is 0 Å². The highest BCUT2D eigenvalue weighted by Gasteiger charge is 2.51. The van der Waals surface area contributed by atoms with Crippen molar-refractivity contribution < 1.29 is 63.1 Å². The van der Waals surface area contributed by atoms with Crippen LogP contribution in [0.15, 0.2) is 48.6 Å². The van der Waals surface area contributed by atoms with Crippen LogP contribution in [0.3, 0.4) is 0 Å². The quantitative estimate of drug-likeness (QED) is 0.0147. The Labute approximate surface area is 380 Å². The Bertz CT molecular complexity index is 1290. The second-order valence-electron chi connectivity index (χ2n) is 17.0. The Kier molecular flexibility index (Phi) is 36.4. The first kappa shape index (κ1) is 58.8. The molecule has 366 valence electrons. The standard InChI is InChI=1S/C49H87O13P/c1-3-5-7-9-11-13-15-17-19-21-23-25-27-29-31-33-35-37-42(50)59-39-41(40-60-63(57,58)62-49-47(55)45(53)44(52)46(54)48(49)56)61-43(51)38-36-34-32-30-28-26-24-22-20-18-16-14-12-10-8-6-4-2/h12,14,18,20,24,26,30,32,41,44-49,52-56H,3-11,13,15-17,19,21-23,25,27-29,31,33-40H2,1-2H3,(H,57,58)/b14-12+,20-18+,26-24+,32-30+/t41-,44?,45-,46?,47?,48?,49?/m0/s1. The molecule has 8 atom stereocenters. The summed E-state index contributed by atoms with van der Waals surface area (Å²) < 4.78 is 33.5. The zero-order chi connectivity index (χ0) is 46.4. The molecule has 1 rings (SSSR count). The van der Waals surface area contributed by atoms with Gasteiger partial charge in [0.1, 0.15) is 43.2 Å². The summed E-state index contributed by atoms with van der Waals surface area (Å²) in [6, 6.07) is 0. The zero-order valence-electron chi connectivity index (χ0n) is 38.9. The van der Waals surface area contributed by atoms with Crippen molar-refractivity contribution in [1.82, 2.24) is 0 Å². The molecule has 0 heterocycles. The van der Waals surface area contributed by atoms with Crippen LogP contribution in [0.2, 0.25) is 0 Å². The van der Waals surface area contributed by atoms with E-state index < -0.39 is 75.7 Å². The Hall–Kier alpha value is -2.19. The lowest BCUT2D eigenvalue weighted by Crippen LogP contribution is -2.64. The Morgan fingerprint density at radius 2 is 0.873 bits per heavy atom. The maximum absolute atomic E-state index is 12.8. The van der Waals surface area contributed by atoms with E-state index in [1.54, 1.807) is 0 Å². The summed E-state index contributed by atoms with van der Waals surface area (Å²) in [5.41, 5.74) is 0. The number of phosphoric ester groups is 1. The van der Waals surface area contributed by atoms with Crippen LogP contribution in [0.4, 0.5) is 0 Å². The smallest absolute Gasteiger partial charge is 0.462 e. The molecule has 0 aromatic rings. The molecule has 0 saturated heterocycles. The predicted octanol–water partition coefficient (Wildman–Crippen LogP) is 9.95. The van der Waals surface area contributed by atoms with Crippen molar-refractivity contribution in [2.24, 2.45) is 0 Å². The molecule has 0 radical (unpaired) electrons. The van der Waals surface area contributed by atoms with Gasteiger partial charge >= 0.3 is 19.8 Å². The summed E-state index contributed by atoms with van der Waals surface area (Å²) in [6.07, 6.45) is 33.1. The number of aliphatic hydroxyl groups is 5. The molecule has 0 aliphatic heterocycles. The third-order valence-electron chi connectivity index (χ3n) is 11.2. The fourth-order valence-corrected chi connectivity index (χ4v) is 8.19. The summed E-state index contributed by atoms with van der Waals surface area (Å²) in [7, 11) is -5.13. The number of aliphatic hydroxyl groups excluding tert-OH is 5. The first-order valence-corrected chi connectivity index (χ1v) is 25.9. The third kappa shape index (κ3) is 31.4. The fraction of sp³-hybridized carbons (Fsp3) is 0.796. The number of hydrogen-bond donors (Lipinski definition) is 6. The number of ether oxygens (including phenoxy) is 2. The molecular formula is C49H87O13P. The molecule has 0 aromatic carbocycles. The average Bonchev–Trinajstić information content (AvgIpc) is 3.26. The van der Waals surface area contributed by atoms with E-state index in [1.165, 1.54) is 103 Å². The Balaban J connectivity index is 2.47. The van der Waals surface area contributed by atoms with Gasteiger partial charge in [0.25, 0.3) is 0 Å². The van der Waals surface area contributed by atoms with E-state index in [1.807, 2.05) is 12.2 Å². The van der Waals surface area contributed by atoms with Crippen molar-refractivity contribution in [3.05, 3.63) is 48.6 Å². The van der Waals surface area contributed by atoms with Crippen molar-refractivity contribution in [3.63, 3.8) is 0 Å². The van der Waals surface area contributed by atoms with Gasteiger partial charge in [-0.3, -0.25) is 18.6 Å². The number of carbonyl (C=O) groups excluding carboxylic acids is 2. The van der Waals surface area contributed by atoms with E-state index in [9.17, 15) is 44.6 Å². The van der Waals surface area contributed by atoms with Crippen molar-refractivity contribution in [3.8, 4) is 0 Å². The highest BCUT2D eigenvalue weighted by molar-refractivity contribution is 7.47. The van der Waals surface area contributed by atoms with Crippen molar-refractivity contribution in [1.29, 1.82) is 0 Å². The topological polar surface area (TPSA) is 210 Å². The normalized spacial score (nSPS) is 22.1. The van der Waals surface area contributed by atoms with Crippen molar-refractivity contribution in [2.45, 2.75) is 236 Å². The monoisotopic (exact) mass is 915 g/mol. The minimum atomic E-state index is -5.13. The Morgan fingerprint density at radius 3 is 1.35 bits per heavy atom. The zero-order valence-corrected chi connectivity index (χ0v) is 39.8. The molecule has 1 fully saturated rings. The highest BCUT2D eigenvalue weighted by Crippen LogP contribution is 2.47. The maximum Gasteiger partial charge on any atom is 0.472 e. The van der Waals surface area contributed by atoms with Crippen LogP contribution in [0.1, 0.15) is 194 Å². The maximum atomic E-state index is 12.8. The predicted molar refractivity (Wildman–Crippen MR) is 249 cm³/mol. The minimum absolute atomic E-state index is 0.0214. The van der Waals surface area contributed by atoms with Crippen LogP contribution in [-0.2, 0) is 32.7 Å². The van der Waals surface area contributed by atoms with Gasteiger partial charge in [0, 0.05) is 12.8 Å². The molecule has 6 unspecified atom stereocenters. The fourth-order valence-electron chi connectivity index (χ4n) is 7.22. The highest BCUT2D eigenvalue weighted by atomic mass is 31.2. The van der Waals surface area contributed by atoms with E-state index >= 15 is 0 Å². The average molecular weight is 915 g/mol. The third-order valence-corrected chi connectivity index (χ3v) is 12.2. The van der Waals surface area contributed by atoms with Crippen LogP contribution in [-0.4, -0.2) is 98.3 Å². The first-order valence-electron chi connectivity index (χ1n) is 24.4. The summed E-state index contributed by atoms with van der Waals surface area (Å²) in [5.74, 6) is -1.16. The number of unbranched alkanes of at least 4 members (excludes halogenated alkanes) is 20. The molecule has 6 N–H and O–H groups in total. The molecule has 0 bridgehead atoms. The van der Waals surface area contributed by atoms with Gasteiger partial charge in [-0.05, 0) is 51.4 Å². The number of esters is 2. The second kappa shape index (κ2) is 39.0. The molecule has 1 aliphatic rings. The lowest BCUT2D eigenvalue weighted by atomic mass is 9.85. The van der Waals surface area contributed by atoms with Gasteiger partial charge < -0.3 is 39.9 Å². The van der Waals surface area contributed by atoms with E-state index in [-0.39, 0.29) is 12.8 Å². The van der Waals surface area contributed by atoms with Crippen LogP contribution in [0, 0.1) is 0 Å². The number of allylic oxidation sites excluding steroid dienone is 8. The molecule has 1 aliphatic carbocycles. The molecule has 63 heavy (non-hydrogen) atoms. The summed E-state index contributed by atoms with van der Waals surface area (Å²) in [4.78, 5) is 35.7. The van der Waals surface area contributed by atoms with Crippen LogP contribution in [0.5, 0.6) is 0 Å². The van der Waals surface area contributed by atoms with E-state index in [4.69, 9.17) is 18.5 Å². The number of carbonyl (C=O) groups is 2. The van der Waals surface area contributed by atoms with Crippen molar-refractivity contribution >= 4 is 19.8 Å². The van der Waals surface area contributed by atoms with E-state index in [0.29, 0.717) is 19.3 Å². The van der Waals surface area contributed by atoms with Gasteiger partial charge in [0.15, 0.2) is 6.10 Å². The van der Waals surface area contributed by atoms with Gasteiger partial charge in [0.05, 0.1) is 6.61 Å². The van der Waals surface area contributed by atoms with Crippen molar-refractivity contribution in [2.75, 3.05) is 13.2 Å². The summed E-state index contributed by atoms with van der Waals surface area (Å²) >= 11 is 0. The van der Waals surface area contributed by atoms with Gasteiger partial charge in [-0.1, -0.05) is 178 Å². The molecule has 13 nitrogen and oxygen atoms in total. The number of hydrogen-bond acceptors (Lipinski definition) is 12. The molecule has 0 amide bonds. The van der Waals surface area contributed by atoms with Gasteiger partial charge in [-0.25, -0.2) is 4.57 Å².